The van der Waals surface area contributed by atoms with Crippen molar-refractivity contribution in [2.24, 2.45) is 4.99 Å². The fraction of sp³-hybridized carbons (Fsp3) is 0.438. The summed E-state index contributed by atoms with van der Waals surface area (Å²) in [5, 5.41) is 14.8. The van der Waals surface area contributed by atoms with Gasteiger partial charge in [0.2, 0.25) is 0 Å². The van der Waals surface area contributed by atoms with Crippen LogP contribution < -0.4 is 10.6 Å². The SMILES string of the molecule is CCNC(=NCc1ccccc1F)NCc1nnc2n1CCC2. The first-order valence-electron chi connectivity index (χ1n) is 7.94. The Morgan fingerprint density at radius 2 is 2.17 bits per heavy atom. The molecule has 2 aromatic rings. The van der Waals surface area contributed by atoms with E-state index < -0.39 is 0 Å². The summed E-state index contributed by atoms with van der Waals surface area (Å²) in [7, 11) is 0. The largest absolute Gasteiger partial charge is 0.357 e. The van der Waals surface area contributed by atoms with Crippen LogP contribution in [0.3, 0.4) is 0 Å². The highest BCUT2D eigenvalue weighted by atomic mass is 19.1. The number of nitrogens with one attached hydrogen (secondary N) is 2. The molecule has 1 aromatic carbocycles. The van der Waals surface area contributed by atoms with Gasteiger partial charge in [-0.05, 0) is 19.4 Å². The van der Waals surface area contributed by atoms with Crippen LogP contribution in [0.1, 0.15) is 30.6 Å². The number of hydrogen-bond donors (Lipinski definition) is 2. The predicted octanol–water partition coefficient (Wildman–Crippen LogP) is 1.62. The van der Waals surface area contributed by atoms with Gasteiger partial charge in [0.1, 0.15) is 11.6 Å². The van der Waals surface area contributed by atoms with E-state index in [0.29, 0.717) is 24.6 Å². The summed E-state index contributed by atoms with van der Waals surface area (Å²) in [6.45, 7) is 4.55. The summed E-state index contributed by atoms with van der Waals surface area (Å²) < 4.78 is 15.8. The number of rotatable bonds is 5. The number of aromatic nitrogens is 3. The summed E-state index contributed by atoms with van der Waals surface area (Å²) in [5.41, 5.74) is 0.577. The molecule has 0 atom stereocenters. The molecule has 0 amide bonds. The van der Waals surface area contributed by atoms with Gasteiger partial charge in [-0.3, -0.25) is 0 Å². The Labute approximate surface area is 134 Å². The lowest BCUT2D eigenvalue weighted by molar-refractivity contribution is 0.610. The molecule has 2 N–H and O–H groups in total. The lowest BCUT2D eigenvalue weighted by Gasteiger charge is -2.11. The van der Waals surface area contributed by atoms with Crippen molar-refractivity contribution in [2.45, 2.75) is 39.4 Å². The molecule has 6 nitrogen and oxygen atoms in total. The molecule has 0 aliphatic carbocycles. The van der Waals surface area contributed by atoms with Gasteiger partial charge in [0.15, 0.2) is 11.8 Å². The highest BCUT2D eigenvalue weighted by molar-refractivity contribution is 5.79. The topological polar surface area (TPSA) is 67.1 Å². The molecule has 7 heteroatoms. The summed E-state index contributed by atoms with van der Waals surface area (Å²) in [6, 6.07) is 6.68. The number of hydrogen-bond acceptors (Lipinski definition) is 3. The number of halogens is 1. The molecule has 3 rings (SSSR count). The van der Waals surface area contributed by atoms with E-state index in [1.165, 1.54) is 6.07 Å². The Hall–Kier alpha value is -2.44. The van der Waals surface area contributed by atoms with Crippen LogP contribution in [0.4, 0.5) is 4.39 Å². The van der Waals surface area contributed by atoms with Crippen molar-refractivity contribution < 1.29 is 4.39 Å². The van der Waals surface area contributed by atoms with Crippen LogP contribution in [0.25, 0.3) is 0 Å². The van der Waals surface area contributed by atoms with Crippen molar-refractivity contribution >= 4 is 5.96 Å². The van der Waals surface area contributed by atoms with Gasteiger partial charge in [-0.25, -0.2) is 9.38 Å². The Morgan fingerprint density at radius 1 is 1.30 bits per heavy atom. The quantitative estimate of drug-likeness (QED) is 0.650. The number of nitrogens with zero attached hydrogens (tertiary/aromatic N) is 4. The van der Waals surface area contributed by atoms with E-state index in [-0.39, 0.29) is 5.82 Å². The Bertz CT molecular complexity index is 694. The second-order valence-corrected chi connectivity index (χ2v) is 5.43. The lowest BCUT2D eigenvalue weighted by atomic mass is 10.2. The average Bonchev–Trinajstić information content (AvgIpc) is 3.15. The Morgan fingerprint density at radius 3 is 3.00 bits per heavy atom. The maximum absolute atomic E-state index is 13.7. The minimum Gasteiger partial charge on any atom is -0.357 e. The van der Waals surface area contributed by atoms with Crippen molar-refractivity contribution in [1.29, 1.82) is 0 Å². The van der Waals surface area contributed by atoms with Crippen LogP contribution in [-0.2, 0) is 26.1 Å². The zero-order chi connectivity index (χ0) is 16.1. The van der Waals surface area contributed by atoms with Gasteiger partial charge in [-0.15, -0.1) is 10.2 Å². The first kappa shape index (κ1) is 15.5. The molecule has 1 aliphatic rings. The molecule has 0 saturated carbocycles. The molecular weight excluding hydrogens is 295 g/mol. The van der Waals surface area contributed by atoms with Crippen LogP contribution in [0.15, 0.2) is 29.3 Å². The van der Waals surface area contributed by atoms with E-state index in [1.54, 1.807) is 12.1 Å². The summed E-state index contributed by atoms with van der Waals surface area (Å²) in [4.78, 5) is 4.43. The van der Waals surface area contributed by atoms with Crippen molar-refractivity contribution in [2.75, 3.05) is 6.54 Å². The number of aliphatic imine (C=N–C) groups is 1. The summed E-state index contributed by atoms with van der Waals surface area (Å²) in [6.07, 6.45) is 2.12. The maximum atomic E-state index is 13.7. The maximum Gasteiger partial charge on any atom is 0.191 e. The van der Waals surface area contributed by atoms with Crippen LogP contribution >= 0.6 is 0 Å². The zero-order valence-electron chi connectivity index (χ0n) is 13.2. The van der Waals surface area contributed by atoms with Crippen molar-refractivity contribution in [1.82, 2.24) is 25.4 Å². The molecule has 0 unspecified atom stereocenters. The smallest absolute Gasteiger partial charge is 0.191 e. The van der Waals surface area contributed by atoms with Gasteiger partial charge in [-0.1, -0.05) is 18.2 Å². The molecule has 1 aromatic heterocycles. The van der Waals surface area contributed by atoms with Crippen LogP contribution in [-0.4, -0.2) is 27.3 Å². The van der Waals surface area contributed by atoms with Crippen molar-refractivity contribution in [3.05, 3.63) is 47.3 Å². The number of benzene rings is 1. The van der Waals surface area contributed by atoms with Crippen molar-refractivity contribution in [3.63, 3.8) is 0 Å². The van der Waals surface area contributed by atoms with E-state index in [9.17, 15) is 4.39 Å². The fourth-order valence-corrected chi connectivity index (χ4v) is 2.64. The Balaban J connectivity index is 1.64. The van der Waals surface area contributed by atoms with Gasteiger partial charge in [0, 0.05) is 25.1 Å². The average molecular weight is 316 g/mol. The molecule has 23 heavy (non-hydrogen) atoms. The van der Waals surface area contributed by atoms with E-state index >= 15 is 0 Å². The van der Waals surface area contributed by atoms with Gasteiger partial charge < -0.3 is 15.2 Å². The van der Waals surface area contributed by atoms with Crippen molar-refractivity contribution in [3.8, 4) is 0 Å². The molecule has 0 radical (unpaired) electrons. The van der Waals surface area contributed by atoms with Gasteiger partial charge in [0.25, 0.3) is 0 Å². The van der Waals surface area contributed by atoms with E-state index in [1.807, 2.05) is 13.0 Å². The van der Waals surface area contributed by atoms with Crippen LogP contribution in [0.2, 0.25) is 0 Å². The molecule has 122 valence electrons. The normalized spacial score (nSPS) is 13.9. The minimum atomic E-state index is -0.234. The van der Waals surface area contributed by atoms with Gasteiger partial charge in [-0.2, -0.15) is 0 Å². The van der Waals surface area contributed by atoms with Gasteiger partial charge in [0.05, 0.1) is 13.1 Å². The summed E-state index contributed by atoms with van der Waals surface area (Å²) >= 11 is 0. The highest BCUT2D eigenvalue weighted by Gasteiger charge is 2.17. The molecule has 1 aliphatic heterocycles. The monoisotopic (exact) mass is 316 g/mol. The molecular formula is C16H21FN6. The molecule has 0 bridgehead atoms. The lowest BCUT2D eigenvalue weighted by Crippen LogP contribution is -2.37. The third kappa shape index (κ3) is 3.67. The molecule has 2 heterocycles. The Kier molecular flexibility index (Phi) is 4.85. The predicted molar refractivity (Wildman–Crippen MR) is 86.4 cm³/mol. The van der Waals surface area contributed by atoms with E-state index in [4.69, 9.17) is 0 Å². The molecule has 0 spiro atoms. The number of aryl methyl sites for hydroxylation is 1. The van der Waals surface area contributed by atoms with Gasteiger partial charge >= 0.3 is 0 Å². The standard InChI is InChI=1S/C16H21FN6/c1-2-18-16(19-10-12-6-3-4-7-13(12)17)20-11-15-22-21-14-8-5-9-23(14)15/h3-4,6-7H,2,5,8-11H2,1H3,(H2,18,19,20). The first-order chi connectivity index (χ1) is 11.3. The third-order valence-electron chi connectivity index (χ3n) is 3.81. The highest BCUT2D eigenvalue weighted by Crippen LogP contribution is 2.13. The van der Waals surface area contributed by atoms with Crippen LogP contribution in [0.5, 0.6) is 0 Å². The second-order valence-electron chi connectivity index (χ2n) is 5.43. The number of fused-ring (bicyclic) bond motifs is 1. The number of guanidine groups is 1. The first-order valence-corrected chi connectivity index (χ1v) is 7.94. The molecule has 0 fully saturated rings. The third-order valence-corrected chi connectivity index (χ3v) is 3.81. The zero-order valence-corrected chi connectivity index (χ0v) is 13.2. The van der Waals surface area contributed by atoms with E-state index in [2.05, 4.69) is 30.4 Å². The molecule has 0 saturated heterocycles. The van der Waals surface area contributed by atoms with E-state index in [0.717, 1.165) is 37.6 Å². The minimum absolute atomic E-state index is 0.234. The fourth-order valence-electron chi connectivity index (χ4n) is 2.64. The second kappa shape index (κ2) is 7.21. The summed E-state index contributed by atoms with van der Waals surface area (Å²) in [5.74, 6) is 2.37. The van der Waals surface area contributed by atoms with Crippen LogP contribution in [0, 0.1) is 5.82 Å².